The summed E-state index contributed by atoms with van der Waals surface area (Å²) in [4.78, 5) is 8.60. The second-order valence-corrected chi connectivity index (χ2v) is 6.84. The van der Waals surface area contributed by atoms with Crippen molar-refractivity contribution in [2.45, 2.75) is 32.9 Å². The van der Waals surface area contributed by atoms with Crippen LogP contribution in [0.15, 0.2) is 61.1 Å². The summed E-state index contributed by atoms with van der Waals surface area (Å²) in [7, 11) is 0. The smallest absolute Gasteiger partial charge is 0.299 e. The number of alkyl halides is 3. The lowest BCUT2D eigenvalue weighted by Gasteiger charge is -2.14. The summed E-state index contributed by atoms with van der Waals surface area (Å²) < 4.78 is 41.7. The second-order valence-electron chi connectivity index (χ2n) is 6.84. The zero-order valence-corrected chi connectivity index (χ0v) is 16.2. The third kappa shape index (κ3) is 3.39. The van der Waals surface area contributed by atoms with E-state index < -0.39 is 11.7 Å². The molecule has 0 bridgehead atoms. The molecule has 0 N–H and O–H groups in total. The molecule has 0 atom stereocenters. The van der Waals surface area contributed by atoms with Crippen molar-refractivity contribution in [3.63, 3.8) is 0 Å². The minimum absolute atomic E-state index is 0.146. The van der Waals surface area contributed by atoms with Gasteiger partial charge in [-0.1, -0.05) is 32.0 Å². The Morgan fingerprint density at radius 2 is 1.66 bits per heavy atom. The molecular weight excluding hydrogens is 375 g/mol. The van der Waals surface area contributed by atoms with E-state index in [0.29, 0.717) is 5.52 Å². The Balaban J connectivity index is 1.88. The summed E-state index contributed by atoms with van der Waals surface area (Å²) in [6.07, 6.45) is 1.89. The Morgan fingerprint density at radius 3 is 2.31 bits per heavy atom. The Hall–Kier alpha value is -3.15. The summed E-state index contributed by atoms with van der Waals surface area (Å²) in [5.41, 5.74) is 4.18. The van der Waals surface area contributed by atoms with E-state index in [1.54, 1.807) is 18.5 Å². The molecule has 0 unspecified atom stereocenters. The summed E-state index contributed by atoms with van der Waals surface area (Å²) in [6.45, 7) is 4.21. The fourth-order valence-electron chi connectivity index (χ4n) is 3.74. The lowest BCUT2D eigenvalue weighted by Crippen LogP contribution is -2.11. The maximum atomic E-state index is 13.4. The number of hydrogen-bond donors (Lipinski definition) is 0. The van der Waals surface area contributed by atoms with Gasteiger partial charge in [0.2, 0.25) is 0 Å². The first-order valence-corrected chi connectivity index (χ1v) is 9.54. The van der Waals surface area contributed by atoms with Crippen LogP contribution in [0.1, 0.15) is 30.5 Å². The van der Waals surface area contributed by atoms with Crippen LogP contribution < -0.4 is 0 Å². The van der Waals surface area contributed by atoms with Crippen LogP contribution in [0.4, 0.5) is 13.2 Å². The molecule has 4 rings (SSSR count). The third-order valence-electron chi connectivity index (χ3n) is 5.15. The number of pyridine rings is 2. The Bertz CT molecular complexity index is 1150. The van der Waals surface area contributed by atoms with E-state index in [1.165, 1.54) is 28.0 Å². The van der Waals surface area contributed by atoms with Crippen LogP contribution in [-0.4, -0.2) is 14.5 Å². The molecule has 0 saturated heterocycles. The topological polar surface area (TPSA) is 30.7 Å². The van der Waals surface area contributed by atoms with E-state index in [-0.39, 0.29) is 5.82 Å². The number of halogens is 3. The molecule has 0 radical (unpaired) electrons. The predicted molar refractivity (Wildman–Crippen MR) is 108 cm³/mol. The fourth-order valence-corrected chi connectivity index (χ4v) is 3.74. The first-order valence-electron chi connectivity index (χ1n) is 9.54. The van der Waals surface area contributed by atoms with Gasteiger partial charge in [-0.3, -0.25) is 9.55 Å². The molecule has 0 spiro atoms. The lowest BCUT2D eigenvalue weighted by molar-refractivity contribution is -0.137. The zero-order valence-electron chi connectivity index (χ0n) is 16.2. The van der Waals surface area contributed by atoms with E-state index in [1.807, 2.05) is 6.07 Å². The van der Waals surface area contributed by atoms with Crippen molar-refractivity contribution in [2.24, 2.45) is 0 Å². The van der Waals surface area contributed by atoms with E-state index in [9.17, 15) is 13.2 Å². The molecule has 4 aromatic rings. The maximum Gasteiger partial charge on any atom is 0.419 e. The van der Waals surface area contributed by atoms with E-state index in [2.05, 4.69) is 42.0 Å². The molecule has 0 saturated carbocycles. The Labute approximate surface area is 166 Å². The first-order chi connectivity index (χ1) is 13.9. The van der Waals surface area contributed by atoms with E-state index >= 15 is 0 Å². The van der Waals surface area contributed by atoms with Gasteiger partial charge in [0.1, 0.15) is 5.82 Å². The van der Waals surface area contributed by atoms with Gasteiger partial charge in [-0.2, -0.15) is 13.2 Å². The number of aryl methyl sites for hydroxylation is 2. The normalized spacial score (nSPS) is 11.9. The highest BCUT2D eigenvalue weighted by atomic mass is 19.4. The zero-order chi connectivity index (χ0) is 20.6. The van der Waals surface area contributed by atoms with Crippen LogP contribution in [0.25, 0.3) is 28.0 Å². The van der Waals surface area contributed by atoms with Gasteiger partial charge >= 0.3 is 6.18 Å². The largest absolute Gasteiger partial charge is 0.419 e. The fraction of sp³-hybridized carbons (Fsp3) is 0.217. The highest BCUT2D eigenvalue weighted by molar-refractivity contribution is 5.85. The summed E-state index contributed by atoms with van der Waals surface area (Å²) in [5, 5.41) is 0.821. The average molecular weight is 395 g/mol. The molecule has 29 heavy (non-hydrogen) atoms. The van der Waals surface area contributed by atoms with Gasteiger partial charge in [0.25, 0.3) is 0 Å². The number of aromatic nitrogens is 3. The first kappa shape index (κ1) is 19.2. The summed E-state index contributed by atoms with van der Waals surface area (Å²) >= 11 is 0. The minimum Gasteiger partial charge on any atom is -0.299 e. The van der Waals surface area contributed by atoms with Gasteiger partial charge in [0.05, 0.1) is 23.0 Å². The predicted octanol–water partition coefficient (Wildman–Crippen LogP) is 6.23. The van der Waals surface area contributed by atoms with Gasteiger partial charge in [0.15, 0.2) is 0 Å². The van der Waals surface area contributed by atoms with Crippen LogP contribution >= 0.6 is 0 Å². The molecule has 0 aliphatic carbocycles. The lowest BCUT2D eigenvalue weighted by atomic mass is 9.94. The molecule has 0 aliphatic heterocycles. The molecule has 3 heterocycles. The molecule has 1 aromatic carbocycles. The van der Waals surface area contributed by atoms with Gasteiger partial charge in [0, 0.05) is 23.3 Å². The van der Waals surface area contributed by atoms with E-state index in [0.717, 1.165) is 35.6 Å². The summed E-state index contributed by atoms with van der Waals surface area (Å²) in [6, 6.07) is 12.3. The highest BCUT2D eigenvalue weighted by Gasteiger charge is 2.34. The molecular formula is C23H20F3N3. The quantitative estimate of drug-likeness (QED) is 0.410. The summed E-state index contributed by atoms with van der Waals surface area (Å²) in [5.74, 6) is -0.146. The number of benzene rings is 1. The van der Waals surface area contributed by atoms with Crippen LogP contribution in [-0.2, 0) is 19.0 Å². The number of nitrogens with zero attached hydrogens (tertiary/aromatic N) is 3. The van der Waals surface area contributed by atoms with Crippen LogP contribution in [0, 0.1) is 0 Å². The molecule has 6 heteroatoms. The van der Waals surface area contributed by atoms with Gasteiger partial charge in [-0.15, -0.1) is 0 Å². The monoisotopic (exact) mass is 395 g/mol. The van der Waals surface area contributed by atoms with Gasteiger partial charge in [-0.05, 0) is 48.2 Å². The van der Waals surface area contributed by atoms with E-state index in [4.69, 9.17) is 0 Å². The van der Waals surface area contributed by atoms with Crippen molar-refractivity contribution in [1.82, 2.24) is 14.5 Å². The second kappa shape index (κ2) is 7.35. The van der Waals surface area contributed by atoms with Crippen molar-refractivity contribution in [3.05, 3.63) is 77.7 Å². The van der Waals surface area contributed by atoms with Gasteiger partial charge in [-0.25, -0.2) is 4.98 Å². The van der Waals surface area contributed by atoms with Gasteiger partial charge < -0.3 is 0 Å². The molecule has 3 nitrogen and oxygen atoms in total. The SMILES string of the molecule is CCc1cccc(CC)c1-c1cc2ccn(-c3ncccc3C(F)(F)F)c2cn1. The Kier molecular flexibility index (Phi) is 4.86. The maximum absolute atomic E-state index is 13.4. The number of rotatable bonds is 4. The van der Waals surface area contributed by atoms with Crippen molar-refractivity contribution < 1.29 is 13.2 Å². The number of hydrogen-bond acceptors (Lipinski definition) is 2. The number of fused-ring (bicyclic) bond motifs is 1. The molecule has 0 amide bonds. The highest BCUT2D eigenvalue weighted by Crippen LogP contribution is 2.35. The van der Waals surface area contributed by atoms with Crippen LogP contribution in [0.5, 0.6) is 0 Å². The molecule has 0 fully saturated rings. The van der Waals surface area contributed by atoms with Crippen molar-refractivity contribution in [3.8, 4) is 17.1 Å². The minimum atomic E-state index is -4.48. The van der Waals surface area contributed by atoms with Crippen molar-refractivity contribution in [1.29, 1.82) is 0 Å². The van der Waals surface area contributed by atoms with Crippen LogP contribution in [0.3, 0.4) is 0 Å². The third-order valence-corrected chi connectivity index (χ3v) is 5.15. The molecule has 148 valence electrons. The van der Waals surface area contributed by atoms with Crippen molar-refractivity contribution in [2.75, 3.05) is 0 Å². The standard InChI is InChI=1S/C23H20F3N3/c1-3-15-7-5-8-16(4-2)21(15)19-13-17-10-12-29(20(17)14-28-19)22-18(23(24,25)26)9-6-11-27-22/h5-14H,3-4H2,1-2H3. The molecule has 0 aliphatic rings. The average Bonchev–Trinajstić information content (AvgIpc) is 3.15. The molecule has 3 aromatic heterocycles. The Morgan fingerprint density at radius 1 is 0.931 bits per heavy atom. The van der Waals surface area contributed by atoms with Crippen LogP contribution in [0.2, 0.25) is 0 Å². The van der Waals surface area contributed by atoms with Crippen molar-refractivity contribution >= 4 is 10.9 Å².